The van der Waals surface area contributed by atoms with Crippen molar-refractivity contribution in [1.82, 2.24) is 0 Å². The van der Waals surface area contributed by atoms with Gasteiger partial charge in [0.25, 0.3) is 0 Å². The number of nitrogen functional groups attached to an aromatic ring is 1. The van der Waals surface area contributed by atoms with E-state index in [1.807, 2.05) is 36.4 Å². The molecule has 0 bridgehead atoms. The Morgan fingerprint density at radius 2 is 2.05 bits per heavy atom. The van der Waals surface area contributed by atoms with Crippen LogP contribution in [0.25, 0.3) is 0 Å². The monoisotopic (exact) mass is 305 g/mol. The second-order valence-electron chi connectivity index (χ2n) is 4.81. The number of fused-ring (bicyclic) bond motifs is 1. The van der Waals surface area contributed by atoms with Crippen molar-refractivity contribution in [3.63, 3.8) is 0 Å². The van der Waals surface area contributed by atoms with Crippen molar-refractivity contribution in [2.24, 2.45) is 5.73 Å². The first-order chi connectivity index (χ1) is 9.63. The van der Waals surface area contributed by atoms with Gasteiger partial charge in [0.15, 0.2) is 0 Å². The Kier molecular flexibility index (Phi) is 3.78. The highest BCUT2D eigenvalue weighted by atomic mass is 35.5. The van der Waals surface area contributed by atoms with Gasteiger partial charge in [-0.3, -0.25) is 0 Å². The Labute approximate surface area is 127 Å². The van der Waals surface area contributed by atoms with E-state index < -0.39 is 0 Å². The van der Waals surface area contributed by atoms with E-state index in [4.69, 9.17) is 23.1 Å². The van der Waals surface area contributed by atoms with E-state index in [-0.39, 0.29) is 5.50 Å². The molecule has 1 aliphatic heterocycles. The van der Waals surface area contributed by atoms with Crippen LogP contribution in [0.4, 0.5) is 11.4 Å². The Morgan fingerprint density at radius 1 is 1.20 bits per heavy atom. The molecule has 0 saturated heterocycles. The SMILES string of the molecule is Nc1ccc2c(c1)SC(N)N2CCc1cccc(Cl)c1. The van der Waals surface area contributed by atoms with Crippen molar-refractivity contribution < 1.29 is 0 Å². The lowest BCUT2D eigenvalue weighted by Crippen LogP contribution is -2.37. The molecule has 20 heavy (non-hydrogen) atoms. The van der Waals surface area contributed by atoms with Crippen LogP contribution in [0.1, 0.15) is 5.56 Å². The van der Waals surface area contributed by atoms with Gasteiger partial charge < -0.3 is 16.4 Å². The first kappa shape index (κ1) is 13.6. The van der Waals surface area contributed by atoms with Crippen molar-refractivity contribution >= 4 is 34.7 Å². The van der Waals surface area contributed by atoms with E-state index in [0.29, 0.717) is 0 Å². The van der Waals surface area contributed by atoms with Gasteiger partial charge in [-0.2, -0.15) is 0 Å². The number of hydrogen-bond acceptors (Lipinski definition) is 4. The predicted molar refractivity (Wildman–Crippen MR) is 87.2 cm³/mol. The van der Waals surface area contributed by atoms with E-state index in [1.54, 1.807) is 11.8 Å². The van der Waals surface area contributed by atoms with Crippen molar-refractivity contribution in [2.75, 3.05) is 17.2 Å². The van der Waals surface area contributed by atoms with E-state index in [1.165, 1.54) is 11.3 Å². The number of nitrogens with two attached hydrogens (primary N) is 2. The molecule has 0 amide bonds. The number of halogens is 1. The summed E-state index contributed by atoms with van der Waals surface area (Å²) >= 11 is 7.66. The van der Waals surface area contributed by atoms with Gasteiger partial charge in [0.2, 0.25) is 0 Å². The molecule has 1 heterocycles. The van der Waals surface area contributed by atoms with Gasteiger partial charge in [-0.25, -0.2) is 0 Å². The number of hydrogen-bond donors (Lipinski definition) is 2. The molecule has 1 aliphatic rings. The van der Waals surface area contributed by atoms with Crippen molar-refractivity contribution in [3.05, 3.63) is 53.1 Å². The highest BCUT2D eigenvalue weighted by Gasteiger charge is 2.26. The summed E-state index contributed by atoms with van der Waals surface area (Å²) in [4.78, 5) is 3.36. The Morgan fingerprint density at radius 3 is 2.85 bits per heavy atom. The molecule has 0 aromatic heterocycles. The minimum atomic E-state index is -0.0500. The summed E-state index contributed by atoms with van der Waals surface area (Å²) < 4.78 is 0. The van der Waals surface area contributed by atoms with Gasteiger partial charge in [-0.1, -0.05) is 35.5 Å². The Hall–Kier alpha value is -1.36. The minimum absolute atomic E-state index is 0.0500. The van der Waals surface area contributed by atoms with Crippen LogP contribution in [0.3, 0.4) is 0 Å². The van der Waals surface area contributed by atoms with Crippen LogP contribution in [0.15, 0.2) is 47.4 Å². The van der Waals surface area contributed by atoms with Gasteiger partial charge >= 0.3 is 0 Å². The van der Waals surface area contributed by atoms with Crippen LogP contribution >= 0.6 is 23.4 Å². The number of thioether (sulfide) groups is 1. The first-order valence-electron chi connectivity index (χ1n) is 6.46. The van der Waals surface area contributed by atoms with Crippen molar-refractivity contribution in [1.29, 1.82) is 0 Å². The van der Waals surface area contributed by atoms with E-state index >= 15 is 0 Å². The van der Waals surface area contributed by atoms with Crippen LogP contribution < -0.4 is 16.4 Å². The lowest BCUT2D eigenvalue weighted by atomic mass is 10.1. The second-order valence-corrected chi connectivity index (χ2v) is 6.40. The highest BCUT2D eigenvalue weighted by molar-refractivity contribution is 8.00. The summed E-state index contributed by atoms with van der Waals surface area (Å²) in [5.74, 6) is 0. The smallest absolute Gasteiger partial charge is 0.130 e. The van der Waals surface area contributed by atoms with Crippen molar-refractivity contribution in [2.45, 2.75) is 16.8 Å². The normalized spacial score (nSPS) is 17.3. The molecule has 0 spiro atoms. The summed E-state index contributed by atoms with van der Waals surface area (Å²) in [7, 11) is 0. The fraction of sp³-hybridized carbons (Fsp3) is 0.200. The van der Waals surface area contributed by atoms with Crippen molar-refractivity contribution in [3.8, 4) is 0 Å². The molecule has 0 fully saturated rings. The molecule has 0 radical (unpaired) electrons. The van der Waals surface area contributed by atoms with Crippen LogP contribution in [0, 0.1) is 0 Å². The van der Waals surface area contributed by atoms with Crippen LogP contribution in [-0.2, 0) is 6.42 Å². The molecule has 3 rings (SSSR count). The molecule has 2 aromatic carbocycles. The molecular formula is C15H16ClN3S. The number of nitrogens with zero attached hydrogens (tertiary/aromatic N) is 1. The summed E-state index contributed by atoms with van der Waals surface area (Å²) in [6.45, 7) is 0.866. The molecule has 3 nitrogen and oxygen atoms in total. The number of rotatable bonds is 3. The molecule has 0 aliphatic carbocycles. The molecule has 0 saturated carbocycles. The standard InChI is InChI=1S/C15H16ClN3S/c16-11-3-1-2-10(8-11)6-7-19-13-5-4-12(17)9-14(13)20-15(19)18/h1-5,8-9,15H,6-7,17-18H2. The van der Waals surface area contributed by atoms with Gasteiger partial charge in [0, 0.05) is 22.2 Å². The van der Waals surface area contributed by atoms with Gasteiger partial charge in [0.1, 0.15) is 5.50 Å². The molecule has 2 aromatic rings. The largest absolute Gasteiger partial charge is 0.399 e. The summed E-state index contributed by atoms with van der Waals surface area (Å²) in [6, 6.07) is 13.9. The lowest BCUT2D eigenvalue weighted by molar-refractivity contribution is 0.766. The highest BCUT2D eigenvalue weighted by Crippen LogP contribution is 2.42. The number of benzene rings is 2. The average molecular weight is 306 g/mol. The Balaban J connectivity index is 1.75. The zero-order valence-electron chi connectivity index (χ0n) is 10.9. The zero-order valence-corrected chi connectivity index (χ0v) is 12.5. The summed E-state index contributed by atoms with van der Waals surface area (Å²) in [6.07, 6.45) is 0.915. The topological polar surface area (TPSA) is 55.3 Å². The maximum atomic E-state index is 6.20. The quantitative estimate of drug-likeness (QED) is 0.854. The van der Waals surface area contributed by atoms with E-state index in [9.17, 15) is 0 Å². The fourth-order valence-corrected chi connectivity index (χ4v) is 3.71. The maximum Gasteiger partial charge on any atom is 0.130 e. The van der Waals surface area contributed by atoms with Gasteiger partial charge in [-0.05, 0) is 42.3 Å². The minimum Gasteiger partial charge on any atom is -0.399 e. The molecule has 104 valence electrons. The second kappa shape index (κ2) is 5.56. The fourth-order valence-electron chi connectivity index (χ4n) is 2.38. The summed E-state index contributed by atoms with van der Waals surface area (Å²) in [5.41, 5.74) is 15.1. The third-order valence-electron chi connectivity index (χ3n) is 3.38. The maximum absolute atomic E-state index is 6.20. The molecule has 1 atom stereocenters. The van der Waals surface area contributed by atoms with Crippen LogP contribution in [0.5, 0.6) is 0 Å². The molecule has 1 unspecified atom stereocenters. The Bertz CT molecular complexity index is 632. The number of anilines is 2. The van der Waals surface area contributed by atoms with Crippen LogP contribution in [0.2, 0.25) is 5.02 Å². The third-order valence-corrected chi connectivity index (χ3v) is 4.69. The average Bonchev–Trinajstić information content (AvgIpc) is 2.71. The zero-order chi connectivity index (χ0) is 14.1. The van der Waals surface area contributed by atoms with Crippen LogP contribution in [-0.4, -0.2) is 12.0 Å². The third kappa shape index (κ3) is 2.73. The molecular weight excluding hydrogens is 290 g/mol. The van der Waals surface area contributed by atoms with E-state index in [0.717, 1.165) is 28.6 Å². The predicted octanol–water partition coefficient (Wildman–Crippen LogP) is 3.32. The molecule has 5 heteroatoms. The first-order valence-corrected chi connectivity index (χ1v) is 7.72. The van der Waals surface area contributed by atoms with Gasteiger partial charge in [-0.15, -0.1) is 0 Å². The van der Waals surface area contributed by atoms with Gasteiger partial charge in [0.05, 0.1) is 5.69 Å². The molecule has 4 N–H and O–H groups in total. The summed E-state index contributed by atoms with van der Waals surface area (Å²) in [5, 5.41) is 0.774. The van der Waals surface area contributed by atoms with E-state index in [2.05, 4.69) is 11.0 Å². The lowest BCUT2D eigenvalue weighted by Gasteiger charge is -2.23.